The summed E-state index contributed by atoms with van der Waals surface area (Å²) in [5, 5.41) is 17.1. The summed E-state index contributed by atoms with van der Waals surface area (Å²) in [5.41, 5.74) is 0.309. The molecule has 9 nitrogen and oxygen atoms in total. The van der Waals surface area contributed by atoms with Crippen LogP contribution in [0.15, 0.2) is 42.0 Å². The molecule has 4 atom stereocenters. The summed E-state index contributed by atoms with van der Waals surface area (Å²) in [6.45, 7) is 15.6. The summed E-state index contributed by atoms with van der Waals surface area (Å²) in [5.74, 6) is -0.865. The zero-order chi connectivity index (χ0) is 29.7. The van der Waals surface area contributed by atoms with Crippen molar-refractivity contribution < 1.29 is 24.3 Å². The summed E-state index contributed by atoms with van der Waals surface area (Å²) in [7, 11) is 3.45. The lowest BCUT2D eigenvalue weighted by Crippen LogP contribution is -2.61. The van der Waals surface area contributed by atoms with E-state index in [0.29, 0.717) is 5.57 Å². The highest BCUT2D eigenvalue weighted by Crippen LogP contribution is 2.29. The molecule has 1 heterocycles. The van der Waals surface area contributed by atoms with Crippen LogP contribution in [0.2, 0.25) is 0 Å². The molecule has 3 amide bonds. The van der Waals surface area contributed by atoms with Crippen molar-refractivity contribution in [1.29, 1.82) is 0 Å². The lowest BCUT2D eigenvalue weighted by atomic mass is 9.76. The van der Waals surface area contributed by atoms with Gasteiger partial charge in [-0.15, -0.1) is 0 Å². The van der Waals surface area contributed by atoms with Crippen molar-refractivity contribution >= 4 is 17.7 Å². The van der Waals surface area contributed by atoms with Crippen molar-refractivity contribution in [1.82, 2.24) is 20.6 Å². The van der Waals surface area contributed by atoms with E-state index in [2.05, 4.69) is 10.6 Å². The number of β-amino-alcohol motifs (C(OH)–C–C–N with tert-alkyl or cyclic N) is 1. The Morgan fingerprint density at radius 2 is 1.69 bits per heavy atom. The van der Waals surface area contributed by atoms with Gasteiger partial charge in [-0.05, 0) is 30.9 Å². The van der Waals surface area contributed by atoms with Crippen LogP contribution in [0.5, 0.6) is 0 Å². The van der Waals surface area contributed by atoms with Crippen LogP contribution >= 0.6 is 0 Å². The van der Waals surface area contributed by atoms with Crippen LogP contribution < -0.4 is 10.6 Å². The molecule has 0 radical (unpaired) electrons. The molecular formula is C30H48N4O5. The van der Waals surface area contributed by atoms with Crippen LogP contribution in [-0.2, 0) is 24.6 Å². The van der Waals surface area contributed by atoms with Gasteiger partial charge in [0, 0.05) is 18.0 Å². The number of amides is 3. The number of carbonyl (C=O) groups is 3. The third-order valence-corrected chi connectivity index (χ3v) is 7.45. The third kappa shape index (κ3) is 7.90. The van der Waals surface area contributed by atoms with Gasteiger partial charge in [-0.3, -0.25) is 19.2 Å². The first-order valence-corrected chi connectivity index (χ1v) is 13.6. The Morgan fingerprint density at radius 3 is 2.15 bits per heavy atom. The molecule has 1 aliphatic heterocycles. The molecule has 1 saturated heterocycles. The zero-order valence-corrected chi connectivity index (χ0v) is 25.2. The smallest absolute Gasteiger partial charge is 0.272 e. The van der Waals surface area contributed by atoms with Crippen LogP contribution in [0.1, 0.15) is 61.0 Å². The van der Waals surface area contributed by atoms with Crippen molar-refractivity contribution in [3.8, 4) is 0 Å². The maximum atomic E-state index is 14.0. The molecule has 9 heteroatoms. The quantitative estimate of drug-likeness (QED) is 0.391. The molecule has 3 N–H and O–H groups in total. The van der Waals surface area contributed by atoms with Crippen molar-refractivity contribution in [2.24, 2.45) is 11.3 Å². The van der Waals surface area contributed by atoms with E-state index in [1.165, 1.54) is 0 Å². The van der Waals surface area contributed by atoms with Crippen LogP contribution in [0.25, 0.3) is 0 Å². The maximum Gasteiger partial charge on any atom is 0.272 e. The number of nitrogens with one attached hydrogen (secondary N) is 2. The van der Waals surface area contributed by atoms with Crippen LogP contribution in [0.3, 0.4) is 0 Å². The number of likely N-dealkylation sites (N-methyl/N-ethyl adjacent to an activating group) is 2. The number of rotatable bonds is 10. The van der Waals surface area contributed by atoms with E-state index < -0.39 is 35.1 Å². The molecule has 0 aromatic heterocycles. The van der Waals surface area contributed by atoms with E-state index >= 15 is 0 Å². The van der Waals surface area contributed by atoms with Crippen molar-refractivity contribution in [3.63, 3.8) is 0 Å². The van der Waals surface area contributed by atoms with Gasteiger partial charge in [0.1, 0.15) is 18.8 Å². The summed E-state index contributed by atoms with van der Waals surface area (Å²) >= 11 is 0. The molecule has 0 spiro atoms. The monoisotopic (exact) mass is 544 g/mol. The summed E-state index contributed by atoms with van der Waals surface area (Å²) < 4.78 is 0. The maximum absolute atomic E-state index is 14.0. The zero-order valence-electron chi connectivity index (χ0n) is 25.2. The first kappa shape index (κ1) is 32.5. The van der Waals surface area contributed by atoms with Gasteiger partial charge in [0.25, 0.3) is 5.91 Å². The van der Waals surface area contributed by atoms with E-state index in [9.17, 15) is 19.5 Å². The highest BCUT2D eigenvalue weighted by molar-refractivity contribution is 5.93. The van der Waals surface area contributed by atoms with Crippen molar-refractivity contribution in [3.05, 3.63) is 47.5 Å². The normalized spacial score (nSPS) is 19.0. The molecular weight excluding hydrogens is 496 g/mol. The Morgan fingerprint density at radius 1 is 1.10 bits per heavy atom. The number of aliphatic hydroxyl groups is 1. The first-order valence-electron chi connectivity index (χ1n) is 13.6. The second-order valence-corrected chi connectivity index (χ2v) is 12.5. The Hall–Kier alpha value is -2.75. The highest BCUT2D eigenvalue weighted by Gasteiger charge is 2.41. The number of nitrogens with zero attached hydrogens (tertiary/aromatic N) is 2. The van der Waals surface area contributed by atoms with Crippen molar-refractivity contribution in [2.45, 2.75) is 85.0 Å². The van der Waals surface area contributed by atoms with Gasteiger partial charge >= 0.3 is 0 Å². The minimum Gasteiger partial charge on any atom is -0.389 e. The SMILES string of the molecule is CN[C@H](C(=O)N[C@H](C(=O)N(C)[C@H](/C=C(\C)C(=O)N1CC(O)CO1)C(C)C)C(C)(C)C)C(C)(C)c1ccccc1. The Kier molecular flexibility index (Phi) is 10.9. The molecule has 39 heavy (non-hydrogen) atoms. The van der Waals surface area contributed by atoms with Gasteiger partial charge in [0.2, 0.25) is 11.8 Å². The number of hydroxylamine groups is 2. The fourth-order valence-corrected chi connectivity index (χ4v) is 4.97. The molecule has 1 unspecified atom stereocenters. The van der Waals surface area contributed by atoms with Crippen LogP contribution in [0, 0.1) is 11.3 Å². The minimum atomic E-state index is -0.805. The summed E-state index contributed by atoms with van der Waals surface area (Å²) in [4.78, 5) is 47.4. The molecule has 1 fully saturated rings. The summed E-state index contributed by atoms with van der Waals surface area (Å²) in [6.07, 6.45) is 1.05. The second kappa shape index (κ2) is 13.1. The highest BCUT2D eigenvalue weighted by atomic mass is 16.7. The lowest BCUT2D eigenvalue weighted by Gasteiger charge is -2.40. The van der Waals surface area contributed by atoms with Gasteiger partial charge in [-0.2, -0.15) is 0 Å². The second-order valence-electron chi connectivity index (χ2n) is 12.5. The molecule has 0 bridgehead atoms. The molecule has 218 valence electrons. The van der Waals surface area contributed by atoms with Crippen molar-refractivity contribution in [2.75, 3.05) is 27.2 Å². The number of hydrogen-bond acceptors (Lipinski definition) is 6. The average Bonchev–Trinajstić information content (AvgIpc) is 3.30. The summed E-state index contributed by atoms with van der Waals surface area (Å²) in [6, 6.07) is 8.03. The van der Waals surface area contributed by atoms with Crippen LogP contribution in [-0.4, -0.2) is 84.3 Å². The average molecular weight is 545 g/mol. The van der Waals surface area contributed by atoms with E-state index in [1.54, 1.807) is 32.0 Å². The number of benzene rings is 1. The predicted molar refractivity (Wildman–Crippen MR) is 153 cm³/mol. The van der Waals surface area contributed by atoms with E-state index in [0.717, 1.165) is 10.6 Å². The Labute approximate surface area is 233 Å². The molecule has 1 aliphatic rings. The van der Waals surface area contributed by atoms with Gasteiger partial charge in [-0.25, -0.2) is 5.06 Å². The number of aliphatic hydroxyl groups excluding tert-OH is 1. The Bertz CT molecular complexity index is 1030. The minimum absolute atomic E-state index is 0.00909. The van der Waals surface area contributed by atoms with Gasteiger partial charge in [0.05, 0.1) is 18.6 Å². The van der Waals surface area contributed by atoms with E-state index in [4.69, 9.17) is 4.84 Å². The first-order chi connectivity index (χ1) is 18.0. The van der Waals surface area contributed by atoms with E-state index in [-0.39, 0.29) is 36.8 Å². The topological polar surface area (TPSA) is 111 Å². The lowest BCUT2D eigenvalue weighted by molar-refractivity contribution is -0.164. The molecule has 1 aromatic rings. The molecule has 1 aromatic carbocycles. The Balaban J connectivity index is 2.31. The molecule has 0 aliphatic carbocycles. The van der Waals surface area contributed by atoms with Gasteiger partial charge in [-0.1, -0.05) is 84.9 Å². The molecule has 0 saturated carbocycles. The standard InChI is InChI=1S/C30H48N4O5/c1-19(2)23(16-20(3)27(37)34-17-22(35)18-39-34)33(10)28(38)25(29(4,5)6)32-26(36)24(31-9)30(7,8)21-14-12-11-13-15-21/h11-16,19,22-25,31,35H,17-18H2,1-10H3,(H,32,36)/b20-16+/t22?,23-,24-,25-/m1/s1. The van der Waals surface area contributed by atoms with Crippen LogP contribution in [0.4, 0.5) is 0 Å². The molecule has 2 rings (SSSR count). The fourth-order valence-electron chi connectivity index (χ4n) is 4.97. The third-order valence-electron chi connectivity index (χ3n) is 7.45. The van der Waals surface area contributed by atoms with Gasteiger partial charge in [0.15, 0.2) is 0 Å². The number of carbonyl (C=O) groups excluding carboxylic acids is 3. The largest absolute Gasteiger partial charge is 0.389 e. The van der Waals surface area contributed by atoms with E-state index in [1.807, 2.05) is 78.8 Å². The predicted octanol–water partition coefficient (Wildman–Crippen LogP) is 2.65. The fraction of sp³-hybridized carbons (Fsp3) is 0.633. The van der Waals surface area contributed by atoms with Gasteiger partial charge < -0.3 is 20.6 Å². The number of hydrogen-bond donors (Lipinski definition) is 3.